The van der Waals surface area contributed by atoms with Gasteiger partial charge in [-0.3, -0.25) is 14.4 Å². The predicted molar refractivity (Wildman–Crippen MR) is 293 cm³/mol. The van der Waals surface area contributed by atoms with Gasteiger partial charge in [0.15, 0.2) is 6.10 Å². The Balaban J connectivity index is 4.38. The number of allylic oxidation sites excluding steroid dienone is 18. The Kier molecular flexibility index (Phi) is 52.4. The van der Waals surface area contributed by atoms with Crippen LogP contribution in [0.25, 0.3) is 0 Å². The van der Waals surface area contributed by atoms with Gasteiger partial charge in [-0.15, -0.1) is 0 Å². The van der Waals surface area contributed by atoms with E-state index in [1.165, 1.54) is 103 Å². The molecule has 0 bridgehead atoms. The van der Waals surface area contributed by atoms with Crippen LogP contribution in [0, 0.1) is 0 Å². The normalized spacial score (nSPS) is 12.9. The van der Waals surface area contributed by atoms with Crippen molar-refractivity contribution in [2.24, 2.45) is 0 Å². The summed E-state index contributed by atoms with van der Waals surface area (Å²) in [6, 6.07) is 0. The van der Waals surface area contributed by atoms with Crippen LogP contribution >= 0.6 is 0 Å². The molecule has 386 valence electrons. The average molecular weight is 943 g/mol. The smallest absolute Gasteiger partial charge is 0.306 e. The van der Waals surface area contributed by atoms with E-state index in [4.69, 9.17) is 14.2 Å². The second-order valence-electron chi connectivity index (χ2n) is 18.1. The van der Waals surface area contributed by atoms with Crippen LogP contribution in [0.4, 0.5) is 0 Å². The van der Waals surface area contributed by atoms with Crippen molar-refractivity contribution in [2.75, 3.05) is 13.2 Å². The van der Waals surface area contributed by atoms with Gasteiger partial charge in [0.25, 0.3) is 0 Å². The van der Waals surface area contributed by atoms with E-state index in [2.05, 4.69) is 130 Å². The molecule has 0 fully saturated rings. The Hall–Kier alpha value is -3.93. The van der Waals surface area contributed by atoms with E-state index in [-0.39, 0.29) is 37.5 Å². The maximum Gasteiger partial charge on any atom is 0.306 e. The highest BCUT2D eigenvalue weighted by molar-refractivity contribution is 5.71. The minimum Gasteiger partial charge on any atom is -0.462 e. The lowest BCUT2D eigenvalue weighted by Crippen LogP contribution is -2.30. The molecule has 0 spiro atoms. The van der Waals surface area contributed by atoms with Crippen LogP contribution in [0.5, 0.6) is 0 Å². The molecule has 0 radical (unpaired) electrons. The van der Waals surface area contributed by atoms with Crippen LogP contribution in [0.15, 0.2) is 109 Å². The number of carbonyl (C=O) groups is 3. The molecule has 0 aliphatic carbocycles. The van der Waals surface area contributed by atoms with Crippen LogP contribution in [-0.2, 0) is 28.6 Å². The van der Waals surface area contributed by atoms with Gasteiger partial charge in [0.2, 0.25) is 0 Å². The molecule has 6 nitrogen and oxygen atoms in total. The van der Waals surface area contributed by atoms with E-state index in [0.29, 0.717) is 19.3 Å². The first-order chi connectivity index (χ1) is 33.5. The Labute approximate surface area is 419 Å². The van der Waals surface area contributed by atoms with Gasteiger partial charge in [-0.1, -0.05) is 233 Å². The molecule has 0 aliphatic heterocycles. The van der Waals surface area contributed by atoms with Crippen molar-refractivity contribution in [3.8, 4) is 0 Å². The van der Waals surface area contributed by atoms with E-state index in [1.807, 2.05) is 0 Å². The average Bonchev–Trinajstić information content (AvgIpc) is 3.34. The van der Waals surface area contributed by atoms with Crippen molar-refractivity contribution in [3.05, 3.63) is 109 Å². The number of hydrogen-bond acceptors (Lipinski definition) is 6. The van der Waals surface area contributed by atoms with E-state index in [1.54, 1.807) is 0 Å². The fraction of sp³-hybridized carbons (Fsp3) is 0.661. The summed E-state index contributed by atoms with van der Waals surface area (Å²) in [5, 5.41) is 0. The first-order valence-corrected chi connectivity index (χ1v) is 27.9. The lowest BCUT2D eigenvalue weighted by atomic mass is 10.1. The lowest BCUT2D eigenvalue weighted by Gasteiger charge is -2.18. The molecule has 0 heterocycles. The van der Waals surface area contributed by atoms with E-state index in [0.717, 1.165) is 96.3 Å². The number of esters is 3. The molecule has 6 heteroatoms. The molecular weight excluding hydrogens is 841 g/mol. The largest absolute Gasteiger partial charge is 0.462 e. The highest BCUT2D eigenvalue weighted by Gasteiger charge is 2.19. The van der Waals surface area contributed by atoms with Gasteiger partial charge in [-0.05, 0) is 103 Å². The molecule has 0 aromatic heterocycles. The molecule has 0 rings (SSSR count). The summed E-state index contributed by atoms with van der Waals surface area (Å²) >= 11 is 0. The SMILES string of the molecule is CC/C=C\C/C=C\C/C=C\C/C=C\C/C=C\C/C=C\C/C=C\CCCC(=O)OCC(COC(=O)CCCCCCCCCC)OC(=O)CCCCCCCCCCC/C=C\C/C=C\CCCCC. The molecule has 0 aromatic rings. The molecule has 1 atom stereocenters. The summed E-state index contributed by atoms with van der Waals surface area (Å²) in [6.07, 6.45) is 75.2. The molecule has 0 aliphatic rings. The molecule has 1 unspecified atom stereocenters. The van der Waals surface area contributed by atoms with Gasteiger partial charge in [-0.2, -0.15) is 0 Å². The minimum atomic E-state index is -0.803. The molecule has 68 heavy (non-hydrogen) atoms. The maximum absolute atomic E-state index is 12.8. The summed E-state index contributed by atoms with van der Waals surface area (Å²) in [5.41, 5.74) is 0. The van der Waals surface area contributed by atoms with Gasteiger partial charge >= 0.3 is 17.9 Å². The third-order valence-corrected chi connectivity index (χ3v) is 11.5. The minimum absolute atomic E-state index is 0.0982. The summed E-state index contributed by atoms with van der Waals surface area (Å²) in [7, 11) is 0. The topological polar surface area (TPSA) is 78.9 Å². The number of carbonyl (C=O) groups excluding carboxylic acids is 3. The molecule has 0 aromatic carbocycles. The first-order valence-electron chi connectivity index (χ1n) is 27.9. The summed E-state index contributed by atoms with van der Waals surface area (Å²) in [6.45, 7) is 6.41. The standard InChI is InChI=1S/C62H102O6/c1-4-7-10-13-16-19-21-23-25-27-29-30-31-32-34-35-37-39-41-43-46-49-52-55-61(64)67-58-59(57-66-60(63)54-51-48-45-18-15-12-9-6-3)68-62(65)56-53-50-47-44-42-40-38-36-33-28-26-24-22-20-17-14-11-8-5-2/h7,10,16-17,19-20,23-26,29-30,32,34,37,39,43,46,59H,4-6,8-9,11-15,18,21-22,27-28,31,33,35-36,38,40-42,44-45,47-58H2,1-3H3/b10-7-,19-16-,20-17-,25-23-,26-24-,30-29-,34-32-,39-37-,46-43-. The van der Waals surface area contributed by atoms with E-state index >= 15 is 0 Å². The molecular formula is C62H102O6. The van der Waals surface area contributed by atoms with Gasteiger partial charge in [0, 0.05) is 19.3 Å². The number of unbranched alkanes of at least 4 members (excludes halogenated alkanes) is 20. The Morgan fingerprint density at radius 2 is 0.588 bits per heavy atom. The van der Waals surface area contributed by atoms with Crippen LogP contribution in [0.1, 0.15) is 245 Å². The van der Waals surface area contributed by atoms with Crippen molar-refractivity contribution >= 4 is 17.9 Å². The maximum atomic E-state index is 12.8. The predicted octanol–water partition coefficient (Wildman–Crippen LogP) is 18.7. The fourth-order valence-electron chi connectivity index (χ4n) is 7.34. The molecule has 0 N–H and O–H groups in total. The van der Waals surface area contributed by atoms with Crippen LogP contribution in [0.2, 0.25) is 0 Å². The van der Waals surface area contributed by atoms with Crippen molar-refractivity contribution < 1.29 is 28.6 Å². The molecule has 0 saturated heterocycles. The van der Waals surface area contributed by atoms with Crippen LogP contribution in [-0.4, -0.2) is 37.2 Å². The monoisotopic (exact) mass is 943 g/mol. The zero-order chi connectivity index (χ0) is 49.3. The second kappa shape index (κ2) is 55.7. The number of rotatable bonds is 49. The van der Waals surface area contributed by atoms with Gasteiger partial charge in [0.1, 0.15) is 13.2 Å². The number of hydrogen-bond donors (Lipinski definition) is 0. The quantitative estimate of drug-likeness (QED) is 0.0262. The number of ether oxygens (including phenoxy) is 3. The first kappa shape index (κ1) is 64.1. The van der Waals surface area contributed by atoms with E-state index in [9.17, 15) is 14.4 Å². The highest BCUT2D eigenvalue weighted by atomic mass is 16.6. The summed E-state index contributed by atoms with van der Waals surface area (Å²) in [5.74, 6) is -0.971. The van der Waals surface area contributed by atoms with Crippen LogP contribution in [0.3, 0.4) is 0 Å². The van der Waals surface area contributed by atoms with Crippen molar-refractivity contribution in [1.82, 2.24) is 0 Å². The van der Waals surface area contributed by atoms with Crippen LogP contribution < -0.4 is 0 Å². The zero-order valence-corrected chi connectivity index (χ0v) is 44.1. The van der Waals surface area contributed by atoms with Crippen molar-refractivity contribution in [1.29, 1.82) is 0 Å². The zero-order valence-electron chi connectivity index (χ0n) is 44.1. The van der Waals surface area contributed by atoms with Gasteiger partial charge in [0.05, 0.1) is 0 Å². The Morgan fingerprint density at radius 3 is 0.985 bits per heavy atom. The third kappa shape index (κ3) is 53.0. The lowest BCUT2D eigenvalue weighted by molar-refractivity contribution is -0.167. The highest BCUT2D eigenvalue weighted by Crippen LogP contribution is 2.14. The van der Waals surface area contributed by atoms with Gasteiger partial charge < -0.3 is 14.2 Å². The Morgan fingerprint density at radius 1 is 0.309 bits per heavy atom. The van der Waals surface area contributed by atoms with E-state index < -0.39 is 6.10 Å². The second-order valence-corrected chi connectivity index (χ2v) is 18.1. The third-order valence-electron chi connectivity index (χ3n) is 11.5. The molecule has 0 amide bonds. The fourth-order valence-corrected chi connectivity index (χ4v) is 7.34. The summed E-state index contributed by atoms with van der Waals surface area (Å²) in [4.78, 5) is 38.0. The van der Waals surface area contributed by atoms with Crippen molar-refractivity contribution in [2.45, 2.75) is 252 Å². The van der Waals surface area contributed by atoms with Crippen molar-refractivity contribution in [3.63, 3.8) is 0 Å². The Bertz CT molecular complexity index is 1410. The summed E-state index contributed by atoms with van der Waals surface area (Å²) < 4.78 is 16.7. The molecule has 0 saturated carbocycles. The van der Waals surface area contributed by atoms with Gasteiger partial charge in [-0.25, -0.2) is 0 Å².